The number of methoxy groups -OCH3 is 2. The zero-order valence-corrected chi connectivity index (χ0v) is 31.8. The number of carboxylic acid groups (broad SMARTS) is 1. The molecule has 278 valence electrons. The minimum atomic E-state index is -0.930. The smallest absolute Gasteiger partial charge is 0.481 e. The van der Waals surface area contributed by atoms with Gasteiger partial charge in [-0.2, -0.15) is 0 Å². The number of carbonyl (C=O) groups is 5. The van der Waals surface area contributed by atoms with Crippen LogP contribution in [0, 0.1) is 32.5 Å². The number of esters is 1. The largest absolute Gasteiger partial charge is 0.515 e. The highest BCUT2D eigenvalue weighted by Crippen LogP contribution is 2.55. The Morgan fingerprint density at radius 3 is 1.19 bits per heavy atom. The number of ether oxygens (including phenoxy) is 3. The highest BCUT2D eigenvalue weighted by molar-refractivity contribution is 6.61. The van der Waals surface area contributed by atoms with Gasteiger partial charge >= 0.3 is 23.5 Å². The number of nitrogens with two attached hydrogens (primary N) is 1. The molecule has 3 rings (SSSR count). The van der Waals surface area contributed by atoms with E-state index in [2.05, 4.69) is 79.6 Å². The van der Waals surface area contributed by atoms with Crippen LogP contribution in [-0.4, -0.2) is 60.8 Å². The Kier molecular flexibility index (Phi) is 19.8. The number of carbonyl (C=O) groups excluding carboxylic acids is 4. The fourth-order valence-corrected chi connectivity index (χ4v) is 7.32. The molecule has 0 bridgehead atoms. The van der Waals surface area contributed by atoms with Crippen LogP contribution in [0.5, 0.6) is 0 Å². The minimum absolute atomic E-state index is 0. The van der Waals surface area contributed by atoms with Gasteiger partial charge in [0.2, 0.25) is 5.91 Å². The lowest BCUT2D eigenvalue weighted by atomic mass is 9.55. The number of hydrogen-bond donors (Lipinski definition) is 3. The summed E-state index contributed by atoms with van der Waals surface area (Å²) in [5.74, 6) is -0.905. The van der Waals surface area contributed by atoms with Crippen molar-refractivity contribution in [2.24, 2.45) is 38.2 Å². The number of amides is 1. The van der Waals surface area contributed by atoms with E-state index >= 15 is 0 Å². The molecule has 1 amide bonds. The monoisotopic (exact) mass is 694 g/mol. The summed E-state index contributed by atoms with van der Waals surface area (Å²) in [5, 5.41) is 11.7. The second-order valence-electron chi connectivity index (χ2n) is 16.7. The van der Waals surface area contributed by atoms with Crippen LogP contribution < -0.4 is 11.1 Å². The van der Waals surface area contributed by atoms with Crippen LogP contribution in [0.3, 0.4) is 0 Å². The molecular formula is C35H67ClN2O9. The predicted molar refractivity (Wildman–Crippen MR) is 187 cm³/mol. The van der Waals surface area contributed by atoms with Gasteiger partial charge in [-0.05, 0) is 88.5 Å². The molecule has 11 nitrogen and oxygen atoms in total. The summed E-state index contributed by atoms with van der Waals surface area (Å²) in [6, 6.07) is 0.591. The van der Waals surface area contributed by atoms with Crippen molar-refractivity contribution in [3.8, 4) is 0 Å². The first-order valence-corrected chi connectivity index (χ1v) is 16.1. The Morgan fingerprint density at radius 1 is 0.681 bits per heavy atom. The van der Waals surface area contributed by atoms with Gasteiger partial charge in [0.25, 0.3) is 0 Å². The molecule has 0 saturated heterocycles. The molecule has 0 unspecified atom stereocenters. The van der Waals surface area contributed by atoms with Gasteiger partial charge in [-0.1, -0.05) is 69.7 Å². The standard InChI is InChI=1S/C11H21NO.C10H16O4.C8H14O2.C3H9N.C2H3ClO2.CH4/c1-8(2)12-9(13)11(5)6-10(3,4)7-11;1-9(2)5-10(3,6-9)7(11)14-8(12)13-4;1-7(2)4-8(3,5-7)6(9)10;1-3(2)4;1-5-2(3)4;/h8H,6-7H2,1-5H3,(H,12,13);5-6H2,1-4H3;4-5H2,1-3H3,(H,9,10);3H,4H2,1-2H3;1H3;1H4. The lowest BCUT2D eigenvalue weighted by Crippen LogP contribution is -2.52. The highest BCUT2D eigenvalue weighted by atomic mass is 35.5. The summed E-state index contributed by atoms with van der Waals surface area (Å²) in [7, 11) is 2.40. The molecule has 47 heavy (non-hydrogen) atoms. The summed E-state index contributed by atoms with van der Waals surface area (Å²) >= 11 is 4.60. The molecule has 3 aliphatic carbocycles. The van der Waals surface area contributed by atoms with Crippen LogP contribution in [-0.2, 0) is 28.6 Å². The minimum Gasteiger partial charge on any atom is -0.481 e. The molecule has 0 atom stereocenters. The van der Waals surface area contributed by atoms with Gasteiger partial charge in [-0.15, -0.1) is 0 Å². The number of nitrogens with one attached hydrogen (secondary N) is 1. The fourth-order valence-electron chi connectivity index (χ4n) is 7.32. The highest BCUT2D eigenvalue weighted by Gasteiger charge is 2.53. The molecule has 3 aliphatic rings. The molecular weight excluding hydrogens is 628 g/mol. The third-order valence-corrected chi connectivity index (χ3v) is 7.85. The first-order valence-electron chi connectivity index (χ1n) is 15.7. The maximum absolute atomic E-state index is 11.7. The van der Waals surface area contributed by atoms with Crippen LogP contribution in [0.25, 0.3) is 0 Å². The second-order valence-corrected chi connectivity index (χ2v) is 17.0. The van der Waals surface area contributed by atoms with Crippen molar-refractivity contribution in [1.29, 1.82) is 0 Å². The van der Waals surface area contributed by atoms with Gasteiger partial charge in [-0.3, -0.25) is 14.4 Å². The van der Waals surface area contributed by atoms with Crippen LogP contribution in [0.4, 0.5) is 9.59 Å². The quantitative estimate of drug-likeness (QED) is 0.148. The zero-order valence-electron chi connectivity index (χ0n) is 31.1. The molecule has 0 spiro atoms. The Hall–Kier alpha value is -2.40. The van der Waals surface area contributed by atoms with Crippen molar-refractivity contribution in [3.63, 3.8) is 0 Å². The Bertz CT molecular complexity index is 1020. The summed E-state index contributed by atoms with van der Waals surface area (Å²) in [5.41, 5.74) is 4.08. The van der Waals surface area contributed by atoms with Gasteiger partial charge in [0.1, 0.15) is 0 Å². The van der Waals surface area contributed by atoms with Gasteiger partial charge in [0.05, 0.1) is 25.0 Å². The number of halogens is 1. The van der Waals surface area contributed by atoms with E-state index in [1.807, 2.05) is 41.5 Å². The second kappa shape index (κ2) is 19.0. The summed E-state index contributed by atoms with van der Waals surface area (Å²) in [6.07, 6.45) is 4.22. The van der Waals surface area contributed by atoms with Gasteiger partial charge in [0, 0.05) is 23.1 Å². The molecule has 0 aliphatic heterocycles. The van der Waals surface area contributed by atoms with Crippen molar-refractivity contribution in [3.05, 3.63) is 0 Å². The molecule has 0 radical (unpaired) electrons. The molecule has 4 N–H and O–H groups in total. The SMILES string of the molecule is C.CC(C)N.CC(C)NC(=O)C1(C)CC(C)(C)C1.CC1(C)CC(C)(C(=O)O)C1.COC(=O)Cl.COC(=O)OC(=O)C1(C)CC(C)(C)C1. The van der Waals surface area contributed by atoms with Gasteiger partial charge in [-0.25, -0.2) is 9.59 Å². The van der Waals surface area contributed by atoms with E-state index in [4.69, 9.17) is 10.8 Å². The molecule has 0 aromatic heterocycles. The Balaban J connectivity index is -0.000000546. The van der Waals surface area contributed by atoms with E-state index in [9.17, 15) is 24.0 Å². The van der Waals surface area contributed by atoms with E-state index in [0.29, 0.717) is 11.5 Å². The maximum atomic E-state index is 11.7. The lowest BCUT2D eigenvalue weighted by molar-refractivity contribution is -0.163. The number of aliphatic carboxylic acids is 1. The third-order valence-electron chi connectivity index (χ3n) is 7.69. The van der Waals surface area contributed by atoms with E-state index in [1.165, 1.54) is 14.2 Å². The average Bonchev–Trinajstić information content (AvgIpc) is 2.80. The average molecular weight is 695 g/mol. The Morgan fingerprint density at radius 2 is 0.979 bits per heavy atom. The summed E-state index contributed by atoms with van der Waals surface area (Å²) < 4.78 is 12.6. The van der Waals surface area contributed by atoms with Gasteiger partial charge in [0.15, 0.2) is 0 Å². The third kappa shape index (κ3) is 18.7. The summed E-state index contributed by atoms with van der Waals surface area (Å²) in [4.78, 5) is 53.9. The van der Waals surface area contributed by atoms with Crippen molar-refractivity contribution in [2.45, 2.75) is 148 Å². The van der Waals surface area contributed by atoms with Crippen LogP contribution >= 0.6 is 11.6 Å². The molecule has 3 saturated carbocycles. The lowest BCUT2D eigenvalue weighted by Gasteiger charge is -2.50. The van der Waals surface area contributed by atoms with E-state index in [1.54, 1.807) is 0 Å². The first-order chi connectivity index (χ1) is 20.4. The molecule has 0 aromatic carbocycles. The summed E-state index contributed by atoms with van der Waals surface area (Å²) in [6.45, 7) is 26.4. The first kappa shape index (κ1) is 49.0. The van der Waals surface area contributed by atoms with E-state index < -0.39 is 34.4 Å². The molecule has 3 fully saturated rings. The fraction of sp³-hybridized carbons (Fsp3) is 0.857. The normalized spacial score (nSPS) is 20.4. The van der Waals surface area contributed by atoms with Crippen molar-refractivity contribution < 1.29 is 43.3 Å². The van der Waals surface area contributed by atoms with Crippen molar-refractivity contribution >= 4 is 41.0 Å². The van der Waals surface area contributed by atoms with E-state index in [-0.39, 0.29) is 35.6 Å². The molecule has 0 aromatic rings. The molecule has 0 heterocycles. The van der Waals surface area contributed by atoms with Crippen molar-refractivity contribution in [2.75, 3.05) is 14.2 Å². The van der Waals surface area contributed by atoms with E-state index in [0.717, 1.165) is 38.5 Å². The van der Waals surface area contributed by atoms with Crippen LogP contribution in [0.15, 0.2) is 0 Å². The van der Waals surface area contributed by atoms with Crippen LogP contribution in [0.1, 0.15) is 136 Å². The maximum Gasteiger partial charge on any atom is 0.515 e. The molecule has 12 heteroatoms. The van der Waals surface area contributed by atoms with Crippen molar-refractivity contribution in [1.82, 2.24) is 5.32 Å². The Labute approximate surface area is 289 Å². The number of carboxylic acids is 1. The van der Waals surface area contributed by atoms with Crippen LogP contribution in [0.2, 0.25) is 0 Å². The number of rotatable bonds is 4. The topological polar surface area (TPSA) is 171 Å². The zero-order chi connectivity index (χ0) is 37.1. The number of hydrogen-bond acceptors (Lipinski definition) is 9. The predicted octanol–water partition coefficient (Wildman–Crippen LogP) is 8.34. The van der Waals surface area contributed by atoms with Gasteiger partial charge < -0.3 is 30.4 Å².